The number of nitriles is 1. The second kappa shape index (κ2) is 6.22. The van der Waals surface area contributed by atoms with Crippen molar-refractivity contribution >= 4 is 43.9 Å². The Kier molecular flexibility index (Phi) is 4.10. The summed E-state index contributed by atoms with van der Waals surface area (Å²) in [4.78, 5) is 14.6. The Morgan fingerprint density at radius 1 is 1.33 bits per heavy atom. The van der Waals surface area contributed by atoms with Gasteiger partial charge in [0.05, 0.1) is 31.9 Å². The van der Waals surface area contributed by atoms with Gasteiger partial charge in [-0.3, -0.25) is 15.1 Å². The molecule has 0 bridgehead atoms. The summed E-state index contributed by atoms with van der Waals surface area (Å²) in [7, 11) is 0. The van der Waals surface area contributed by atoms with E-state index in [9.17, 15) is 19.8 Å². The van der Waals surface area contributed by atoms with E-state index >= 15 is 0 Å². The van der Waals surface area contributed by atoms with E-state index in [1.807, 2.05) is 6.07 Å². The lowest BCUT2D eigenvalue weighted by atomic mass is 10.1. The molecule has 0 amide bonds. The highest BCUT2D eigenvalue weighted by atomic mass is 79.9. The predicted molar refractivity (Wildman–Crippen MR) is 90.5 cm³/mol. The summed E-state index contributed by atoms with van der Waals surface area (Å²) in [5.41, 5.74) is 0.875. The van der Waals surface area contributed by atoms with Crippen LogP contribution in [0.15, 0.2) is 47.1 Å². The van der Waals surface area contributed by atoms with Gasteiger partial charge in [-0.25, -0.2) is 4.39 Å². The summed E-state index contributed by atoms with van der Waals surface area (Å²) in [5.74, 6) is -0.531. The number of non-ortho nitro benzene ring substituents is 1. The molecule has 118 valence electrons. The fourth-order valence-corrected chi connectivity index (χ4v) is 2.61. The molecule has 3 rings (SSSR count). The van der Waals surface area contributed by atoms with Gasteiger partial charge in [0.25, 0.3) is 5.69 Å². The molecule has 0 radical (unpaired) electrons. The number of hydrogen-bond acceptors (Lipinski definition) is 5. The van der Waals surface area contributed by atoms with Crippen LogP contribution in [0.5, 0.6) is 0 Å². The maximum Gasteiger partial charge on any atom is 0.270 e. The number of hydrogen-bond donors (Lipinski definition) is 1. The third-order valence-corrected chi connectivity index (χ3v) is 4.01. The summed E-state index contributed by atoms with van der Waals surface area (Å²) in [6.07, 6.45) is 1.34. The maximum absolute atomic E-state index is 14.2. The normalized spacial score (nSPS) is 10.4. The van der Waals surface area contributed by atoms with E-state index in [1.54, 1.807) is 12.1 Å². The fraction of sp³-hybridized carbons (Fsp3) is 0. The van der Waals surface area contributed by atoms with Crippen molar-refractivity contribution in [3.8, 4) is 6.07 Å². The number of nitro benzene ring substituents is 1. The van der Waals surface area contributed by atoms with Gasteiger partial charge in [-0.1, -0.05) is 6.07 Å². The van der Waals surface area contributed by atoms with Crippen LogP contribution in [0.25, 0.3) is 10.9 Å². The van der Waals surface area contributed by atoms with Gasteiger partial charge in [-0.2, -0.15) is 5.26 Å². The summed E-state index contributed by atoms with van der Waals surface area (Å²) < 4.78 is 14.5. The van der Waals surface area contributed by atoms with Gasteiger partial charge in [0.2, 0.25) is 0 Å². The van der Waals surface area contributed by atoms with Gasteiger partial charge in [-0.15, -0.1) is 0 Å². The molecule has 2 aromatic carbocycles. The highest BCUT2D eigenvalue weighted by Crippen LogP contribution is 2.33. The zero-order chi connectivity index (χ0) is 17.3. The average Bonchev–Trinajstić information content (AvgIpc) is 2.58. The van der Waals surface area contributed by atoms with Crippen molar-refractivity contribution in [3.63, 3.8) is 0 Å². The molecule has 0 unspecified atom stereocenters. The van der Waals surface area contributed by atoms with Crippen molar-refractivity contribution in [3.05, 3.63) is 68.6 Å². The summed E-state index contributed by atoms with van der Waals surface area (Å²) in [5, 5.41) is 23.5. The van der Waals surface area contributed by atoms with Gasteiger partial charge in [0.1, 0.15) is 6.07 Å². The molecule has 1 N–H and O–H groups in total. The van der Waals surface area contributed by atoms with Crippen LogP contribution in [0, 0.1) is 27.3 Å². The van der Waals surface area contributed by atoms with Crippen LogP contribution in [0.3, 0.4) is 0 Å². The molecule has 24 heavy (non-hydrogen) atoms. The Morgan fingerprint density at radius 2 is 2.12 bits per heavy atom. The van der Waals surface area contributed by atoms with Gasteiger partial charge < -0.3 is 5.32 Å². The van der Waals surface area contributed by atoms with Crippen LogP contribution < -0.4 is 5.32 Å². The molecule has 0 atom stereocenters. The number of anilines is 2. The first-order valence-electron chi connectivity index (χ1n) is 6.69. The fourth-order valence-electron chi connectivity index (χ4n) is 2.25. The van der Waals surface area contributed by atoms with E-state index in [0.717, 1.165) is 0 Å². The van der Waals surface area contributed by atoms with Gasteiger partial charge in [0.15, 0.2) is 5.82 Å². The molecule has 6 nitrogen and oxygen atoms in total. The van der Waals surface area contributed by atoms with E-state index in [-0.39, 0.29) is 27.1 Å². The molecule has 1 aromatic heterocycles. The summed E-state index contributed by atoms with van der Waals surface area (Å²) in [6.45, 7) is 0. The van der Waals surface area contributed by atoms with E-state index in [2.05, 4.69) is 26.2 Å². The summed E-state index contributed by atoms with van der Waals surface area (Å²) >= 11 is 3.09. The first kappa shape index (κ1) is 15.8. The van der Waals surface area contributed by atoms with Crippen LogP contribution >= 0.6 is 15.9 Å². The van der Waals surface area contributed by atoms with E-state index < -0.39 is 10.7 Å². The van der Waals surface area contributed by atoms with Crippen molar-refractivity contribution in [2.75, 3.05) is 5.32 Å². The van der Waals surface area contributed by atoms with Crippen LogP contribution in [-0.2, 0) is 0 Å². The minimum absolute atomic E-state index is 0.139. The maximum atomic E-state index is 14.2. The number of fused-ring (bicyclic) bond motifs is 1. The quantitative estimate of drug-likeness (QED) is 0.521. The van der Waals surface area contributed by atoms with E-state index in [4.69, 9.17) is 0 Å². The van der Waals surface area contributed by atoms with Crippen molar-refractivity contribution in [1.29, 1.82) is 5.26 Å². The van der Waals surface area contributed by atoms with Gasteiger partial charge >= 0.3 is 0 Å². The molecular formula is C16H8BrFN4O2. The Hall–Kier alpha value is -3.05. The van der Waals surface area contributed by atoms with Gasteiger partial charge in [-0.05, 0) is 34.1 Å². The van der Waals surface area contributed by atoms with Crippen molar-refractivity contribution in [1.82, 2.24) is 4.98 Å². The largest absolute Gasteiger partial charge is 0.351 e. The zero-order valence-corrected chi connectivity index (χ0v) is 13.5. The number of aromatic nitrogens is 1. The number of rotatable bonds is 3. The molecule has 0 fully saturated rings. The second-order valence-electron chi connectivity index (χ2n) is 4.84. The first-order chi connectivity index (χ1) is 11.5. The molecular weight excluding hydrogens is 379 g/mol. The topological polar surface area (TPSA) is 91.8 Å². The molecule has 8 heteroatoms. The van der Waals surface area contributed by atoms with Crippen molar-refractivity contribution in [2.45, 2.75) is 0 Å². The number of nitrogens with zero attached hydrogens (tertiary/aromatic N) is 3. The third-order valence-electron chi connectivity index (χ3n) is 3.39. The lowest BCUT2D eigenvalue weighted by molar-refractivity contribution is -0.384. The number of nitro groups is 1. The van der Waals surface area contributed by atoms with E-state index in [1.165, 1.54) is 30.5 Å². The van der Waals surface area contributed by atoms with Gasteiger partial charge in [0, 0.05) is 23.7 Å². The van der Waals surface area contributed by atoms with Crippen LogP contribution in [0.1, 0.15) is 5.56 Å². The number of nitrogens with one attached hydrogen (secondary N) is 1. The predicted octanol–water partition coefficient (Wildman–Crippen LogP) is 4.66. The minimum atomic E-state index is -0.540. The minimum Gasteiger partial charge on any atom is -0.351 e. The average molecular weight is 387 g/mol. The van der Waals surface area contributed by atoms with Crippen molar-refractivity contribution < 1.29 is 9.31 Å². The molecule has 0 saturated heterocycles. The van der Waals surface area contributed by atoms with Crippen molar-refractivity contribution in [2.24, 2.45) is 0 Å². The second-order valence-corrected chi connectivity index (χ2v) is 5.70. The lowest BCUT2D eigenvalue weighted by Crippen LogP contribution is -2.00. The molecule has 0 aliphatic rings. The summed E-state index contributed by atoms with van der Waals surface area (Å²) in [6, 6.07) is 10.8. The van der Waals surface area contributed by atoms with Crippen LogP contribution in [-0.4, -0.2) is 9.91 Å². The van der Waals surface area contributed by atoms with Crippen LogP contribution in [0.2, 0.25) is 0 Å². The molecule has 0 aliphatic carbocycles. The van der Waals surface area contributed by atoms with Crippen LogP contribution in [0.4, 0.5) is 21.5 Å². The molecule has 1 heterocycles. The first-order valence-corrected chi connectivity index (χ1v) is 7.49. The molecule has 0 saturated carbocycles. The molecule has 3 aromatic rings. The molecule has 0 spiro atoms. The third kappa shape index (κ3) is 2.77. The monoisotopic (exact) mass is 386 g/mol. The highest BCUT2D eigenvalue weighted by Gasteiger charge is 2.15. The Morgan fingerprint density at radius 3 is 2.83 bits per heavy atom. The standard InChI is InChI=1S/C16H8BrFN4O2/c17-12-2-1-3-14(15(12)18)21-16-9(7-19)8-20-13-5-4-10(22(23)24)6-11(13)16/h1-6,8H,(H,20,21). The number of pyridine rings is 1. The SMILES string of the molecule is N#Cc1cnc2ccc([N+](=O)[O-])cc2c1Nc1cccc(Br)c1F. The molecule has 0 aliphatic heterocycles. The number of halogens is 2. The number of benzene rings is 2. The smallest absolute Gasteiger partial charge is 0.270 e. The zero-order valence-electron chi connectivity index (χ0n) is 12.0. The Labute approximate surface area is 143 Å². The highest BCUT2D eigenvalue weighted by molar-refractivity contribution is 9.10. The Bertz CT molecular complexity index is 1020. The Balaban J connectivity index is 2.24. The van der Waals surface area contributed by atoms with E-state index in [0.29, 0.717) is 10.9 Å². The lowest BCUT2D eigenvalue weighted by Gasteiger charge is -2.12.